The minimum atomic E-state index is 0.557. The molecule has 0 fully saturated rings. The van der Waals surface area contributed by atoms with Gasteiger partial charge in [-0.05, 0) is 69.8 Å². The van der Waals surface area contributed by atoms with Crippen LogP contribution < -0.4 is 0 Å². The molecule has 0 radical (unpaired) electrons. The van der Waals surface area contributed by atoms with Gasteiger partial charge in [0.15, 0.2) is 11.6 Å². The zero-order valence-corrected chi connectivity index (χ0v) is 33.6. The molecule has 0 aliphatic rings. The summed E-state index contributed by atoms with van der Waals surface area (Å²) < 4.78 is 4.66. The van der Waals surface area contributed by atoms with E-state index in [1.54, 1.807) is 0 Å². The van der Waals surface area contributed by atoms with Crippen molar-refractivity contribution in [2.45, 2.75) is 0 Å². The van der Waals surface area contributed by atoms with Crippen LogP contribution in [0.3, 0.4) is 0 Å². The minimum Gasteiger partial charge on any atom is -0.307 e. The third kappa shape index (κ3) is 5.98. The maximum atomic E-state index is 5.38. The van der Waals surface area contributed by atoms with Gasteiger partial charge in [-0.3, -0.25) is 4.57 Å². The number of rotatable bonds is 7. The highest BCUT2D eigenvalue weighted by molar-refractivity contribution is 6.24. The second kappa shape index (κ2) is 14.7. The molecule has 0 aliphatic carbocycles. The molecule has 0 N–H and O–H groups in total. The second-order valence-corrected chi connectivity index (χ2v) is 15.7. The maximum Gasteiger partial charge on any atom is 0.238 e. The summed E-state index contributed by atoms with van der Waals surface area (Å²) in [6.45, 7) is 0. The Morgan fingerprint density at radius 3 is 1.34 bits per heavy atom. The summed E-state index contributed by atoms with van der Waals surface area (Å²) in [7, 11) is 0. The Labute approximate surface area is 358 Å². The first-order chi connectivity index (χ1) is 30.7. The van der Waals surface area contributed by atoms with Crippen LogP contribution in [0.5, 0.6) is 0 Å². The lowest BCUT2D eigenvalue weighted by Gasteiger charge is -2.13. The summed E-state index contributed by atoms with van der Waals surface area (Å²) in [5.74, 6) is 1.77. The van der Waals surface area contributed by atoms with Gasteiger partial charge < -0.3 is 4.57 Å². The zero-order valence-electron chi connectivity index (χ0n) is 33.6. The Morgan fingerprint density at radius 1 is 0.258 bits per heavy atom. The van der Waals surface area contributed by atoms with Crippen LogP contribution in [-0.4, -0.2) is 24.1 Å². The van der Waals surface area contributed by atoms with E-state index in [1.807, 2.05) is 18.2 Å². The molecule has 0 saturated carbocycles. The lowest BCUT2D eigenvalue weighted by Crippen LogP contribution is -2.07. The standard InChI is InChI=1S/C57H37N5/c1-5-16-38(17-6-1)43-22-15-23-44(36-43)40-28-30-42(31-29-40)56-58-55(41-20-9-3-10-21-41)59-57(60-56)62-51-27-14-13-26-47(51)48-33-34-49-50-37-45(39-18-7-2-8-19-39)32-35-52(50)61(53(49)54(48)62)46-24-11-4-12-25-46/h1-37H. The van der Waals surface area contributed by atoms with E-state index in [-0.39, 0.29) is 0 Å². The van der Waals surface area contributed by atoms with Crippen molar-refractivity contribution in [1.29, 1.82) is 0 Å². The lowest BCUT2D eigenvalue weighted by atomic mass is 9.98. The topological polar surface area (TPSA) is 48.5 Å². The van der Waals surface area contributed by atoms with Gasteiger partial charge in [0.05, 0.1) is 22.1 Å². The van der Waals surface area contributed by atoms with Crippen molar-refractivity contribution < 1.29 is 0 Å². The Kier molecular flexibility index (Phi) is 8.42. The van der Waals surface area contributed by atoms with Crippen molar-refractivity contribution in [2.24, 2.45) is 0 Å². The molecule has 0 saturated heterocycles. The number of hydrogen-bond donors (Lipinski definition) is 0. The molecule has 3 heterocycles. The first kappa shape index (κ1) is 35.5. The number of nitrogens with zero attached hydrogens (tertiary/aromatic N) is 5. The molecule has 5 heteroatoms. The SMILES string of the molecule is c1ccc(-c2cccc(-c3ccc(-c4nc(-c5ccccc5)nc(-n5c6ccccc6c6ccc7c8cc(-c9ccccc9)ccc8n(-c8ccccc8)c7c65)n4)cc3)c2)cc1. The number of aromatic nitrogens is 5. The molecule has 62 heavy (non-hydrogen) atoms. The fourth-order valence-corrected chi connectivity index (χ4v) is 9.05. The van der Waals surface area contributed by atoms with Crippen LogP contribution >= 0.6 is 0 Å². The average molecular weight is 792 g/mol. The Bertz CT molecular complexity index is 3590. The molecule has 12 rings (SSSR count). The van der Waals surface area contributed by atoms with E-state index in [0.717, 1.165) is 66.2 Å². The van der Waals surface area contributed by atoms with E-state index in [9.17, 15) is 0 Å². The van der Waals surface area contributed by atoms with E-state index in [4.69, 9.17) is 15.0 Å². The van der Waals surface area contributed by atoms with E-state index >= 15 is 0 Å². The third-order valence-electron chi connectivity index (χ3n) is 12.0. The number of fused-ring (bicyclic) bond motifs is 7. The maximum absolute atomic E-state index is 5.38. The minimum absolute atomic E-state index is 0.557. The van der Waals surface area contributed by atoms with Gasteiger partial charge in [0.2, 0.25) is 5.95 Å². The van der Waals surface area contributed by atoms with Gasteiger partial charge in [-0.25, -0.2) is 4.98 Å². The molecular weight excluding hydrogens is 755 g/mol. The van der Waals surface area contributed by atoms with Crippen molar-refractivity contribution in [2.75, 3.05) is 0 Å². The molecule has 12 aromatic rings. The first-order valence-corrected chi connectivity index (χ1v) is 20.9. The van der Waals surface area contributed by atoms with E-state index in [2.05, 4.69) is 215 Å². The smallest absolute Gasteiger partial charge is 0.238 e. The quantitative estimate of drug-likeness (QED) is 0.162. The van der Waals surface area contributed by atoms with Gasteiger partial charge >= 0.3 is 0 Å². The molecule has 290 valence electrons. The first-order valence-electron chi connectivity index (χ1n) is 20.9. The summed E-state index contributed by atoms with van der Waals surface area (Å²) in [4.78, 5) is 15.9. The van der Waals surface area contributed by atoms with Crippen molar-refractivity contribution in [3.63, 3.8) is 0 Å². The molecule has 0 aliphatic heterocycles. The third-order valence-corrected chi connectivity index (χ3v) is 12.0. The molecule has 0 amide bonds. The summed E-state index contributed by atoms with van der Waals surface area (Å²) in [6.07, 6.45) is 0. The van der Waals surface area contributed by atoms with Crippen LogP contribution in [0.15, 0.2) is 224 Å². The van der Waals surface area contributed by atoms with Crippen molar-refractivity contribution in [3.8, 4) is 67.8 Å². The van der Waals surface area contributed by atoms with Crippen molar-refractivity contribution in [1.82, 2.24) is 24.1 Å². The van der Waals surface area contributed by atoms with Gasteiger partial charge in [0, 0.05) is 38.4 Å². The van der Waals surface area contributed by atoms with Gasteiger partial charge in [0.1, 0.15) is 0 Å². The van der Waals surface area contributed by atoms with Crippen molar-refractivity contribution >= 4 is 43.6 Å². The van der Waals surface area contributed by atoms with E-state index in [0.29, 0.717) is 17.6 Å². The molecular formula is C57H37N5. The number of para-hydroxylation sites is 2. The van der Waals surface area contributed by atoms with Crippen LogP contribution in [0.25, 0.3) is 111 Å². The molecule has 0 spiro atoms. The second-order valence-electron chi connectivity index (χ2n) is 15.7. The summed E-state index contributed by atoms with van der Waals surface area (Å²) in [6, 6.07) is 79.2. The van der Waals surface area contributed by atoms with Gasteiger partial charge in [-0.1, -0.05) is 188 Å². The highest BCUT2D eigenvalue weighted by Gasteiger charge is 2.24. The van der Waals surface area contributed by atoms with Crippen LogP contribution in [0.1, 0.15) is 0 Å². The van der Waals surface area contributed by atoms with E-state index < -0.39 is 0 Å². The van der Waals surface area contributed by atoms with E-state index in [1.165, 1.54) is 27.6 Å². The van der Waals surface area contributed by atoms with Gasteiger partial charge in [0.25, 0.3) is 0 Å². The molecule has 0 bridgehead atoms. The predicted octanol–water partition coefficient (Wildman–Crippen LogP) is 14.4. The van der Waals surface area contributed by atoms with Gasteiger partial charge in [-0.15, -0.1) is 0 Å². The number of benzene rings is 9. The van der Waals surface area contributed by atoms with Crippen LogP contribution in [0.4, 0.5) is 0 Å². The summed E-state index contributed by atoms with van der Waals surface area (Å²) in [5, 5.41) is 4.59. The van der Waals surface area contributed by atoms with Crippen LogP contribution in [0.2, 0.25) is 0 Å². The van der Waals surface area contributed by atoms with Crippen LogP contribution in [-0.2, 0) is 0 Å². The predicted molar refractivity (Wildman–Crippen MR) is 256 cm³/mol. The lowest BCUT2D eigenvalue weighted by molar-refractivity contribution is 0.953. The Hall–Kier alpha value is -8.41. The van der Waals surface area contributed by atoms with Crippen LogP contribution in [0, 0.1) is 0 Å². The molecule has 0 atom stereocenters. The largest absolute Gasteiger partial charge is 0.307 e. The molecule has 3 aromatic heterocycles. The number of hydrogen-bond acceptors (Lipinski definition) is 3. The Balaban J connectivity index is 1.10. The average Bonchev–Trinajstić information content (AvgIpc) is 3.88. The monoisotopic (exact) mass is 791 g/mol. The molecule has 5 nitrogen and oxygen atoms in total. The molecule has 0 unspecified atom stereocenters. The highest BCUT2D eigenvalue weighted by atomic mass is 15.2. The van der Waals surface area contributed by atoms with Gasteiger partial charge in [-0.2, -0.15) is 9.97 Å². The van der Waals surface area contributed by atoms with Crippen molar-refractivity contribution in [3.05, 3.63) is 224 Å². The zero-order chi connectivity index (χ0) is 41.0. The normalized spacial score (nSPS) is 11.5. The summed E-state index contributed by atoms with van der Waals surface area (Å²) in [5.41, 5.74) is 14.2. The summed E-state index contributed by atoms with van der Waals surface area (Å²) >= 11 is 0. The molecule has 9 aromatic carbocycles. The fraction of sp³-hybridized carbons (Fsp3) is 0. The highest BCUT2D eigenvalue weighted by Crippen LogP contribution is 2.42. The fourth-order valence-electron chi connectivity index (χ4n) is 9.05. The Morgan fingerprint density at radius 2 is 0.694 bits per heavy atom.